The summed E-state index contributed by atoms with van der Waals surface area (Å²) in [7, 11) is 3.30. The van der Waals surface area contributed by atoms with Gasteiger partial charge in [0, 0.05) is 34.4 Å². The molecule has 0 aromatic heterocycles. The molecule has 0 saturated carbocycles. The van der Waals surface area contributed by atoms with Gasteiger partial charge in [-0.3, -0.25) is 0 Å². The number of carbonyl (C=O) groups is 1. The third kappa shape index (κ3) is 2.94. The topological polar surface area (TPSA) is 29.5 Å². The van der Waals surface area contributed by atoms with E-state index in [9.17, 15) is 4.79 Å². The van der Waals surface area contributed by atoms with Gasteiger partial charge >= 0.3 is 5.97 Å². The highest BCUT2D eigenvalue weighted by atomic mass is 35.5. The highest BCUT2D eigenvalue weighted by Gasteiger charge is 2.31. The number of benzene rings is 1. The molecule has 1 heterocycles. The summed E-state index contributed by atoms with van der Waals surface area (Å²) in [6.45, 7) is 3.90. The van der Waals surface area contributed by atoms with Crippen molar-refractivity contribution in [3.05, 3.63) is 56.9 Å². The molecule has 0 fully saturated rings. The Bertz CT molecular complexity index is 650. The number of allylic oxidation sites excluding steroid dienone is 3. The molecule has 0 saturated heterocycles. The molecule has 3 nitrogen and oxygen atoms in total. The highest BCUT2D eigenvalue weighted by Crippen LogP contribution is 2.39. The van der Waals surface area contributed by atoms with Crippen molar-refractivity contribution in [1.82, 2.24) is 4.90 Å². The fourth-order valence-electron chi connectivity index (χ4n) is 2.49. The molecule has 0 N–H and O–H groups in total. The third-order valence-electron chi connectivity index (χ3n) is 3.84. The van der Waals surface area contributed by atoms with Crippen LogP contribution in [0.5, 0.6) is 0 Å². The molecule has 0 spiro atoms. The lowest BCUT2D eigenvalue weighted by Crippen LogP contribution is -2.27. The quantitative estimate of drug-likeness (QED) is 0.756. The fourth-order valence-corrected chi connectivity index (χ4v) is 3.02. The van der Waals surface area contributed by atoms with Gasteiger partial charge in [-0.2, -0.15) is 0 Å². The Morgan fingerprint density at radius 1 is 1.29 bits per heavy atom. The molecule has 112 valence electrons. The zero-order chi connectivity index (χ0) is 15.7. The van der Waals surface area contributed by atoms with E-state index < -0.39 is 0 Å². The summed E-state index contributed by atoms with van der Waals surface area (Å²) in [5, 5.41) is 1.10. The Morgan fingerprint density at radius 2 is 1.95 bits per heavy atom. The summed E-state index contributed by atoms with van der Waals surface area (Å²) < 4.78 is 4.94. The van der Waals surface area contributed by atoms with Crippen LogP contribution >= 0.6 is 23.2 Å². The first-order valence-electron chi connectivity index (χ1n) is 6.53. The number of hydrogen-bond donors (Lipinski definition) is 0. The van der Waals surface area contributed by atoms with Crippen LogP contribution < -0.4 is 0 Å². The average molecular weight is 326 g/mol. The summed E-state index contributed by atoms with van der Waals surface area (Å²) in [6.07, 6.45) is 2.01. The Labute approximate surface area is 134 Å². The molecule has 0 amide bonds. The predicted molar refractivity (Wildman–Crippen MR) is 85.4 cm³/mol. The molecule has 1 atom stereocenters. The number of esters is 1. The van der Waals surface area contributed by atoms with Crippen molar-refractivity contribution < 1.29 is 9.53 Å². The zero-order valence-electron chi connectivity index (χ0n) is 12.4. The number of carbonyl (C=O) groups excluding carboxylic acids is 1. The minimum Gasteiger partial charge on any atom is -0.466 e. The van der Waals surface area contributed by atoms with Crippen LogP contribution in [-0.2, 0) is 9.53 Å². The number of rotatable bonds is 2. The molecule has 21 heavy (non-hydrogen) atoms. The number of hydrogen-bond acceptors (Lipinski definition) is 3. The van der Waals surface area contributed by atoms with E-state index in [1.54, 1.807) is 12.1 Å². The Kier molecular flexibility index (Phi) is 4.64. The van der Waals surface area contributed by atoms with Gasteiger partial charge in [0.05, 0.1) is 12.7 Å². The van der Waals surface area contributed by atoms with E-state index in [1.807, 2.05) is 37.9 Å². The van der Waals surface area contributed by atoms with E-state index in [4.69, 9.17) is 27.9 Å². The predicted octanol–water partition coefficient (Wildman–Crippen LogP) is 4.37. The smallest absolute Gasteiger partial charge is 0.336 e. The fraction of sp³-hybridized carbons (Fsp3) is 0.312. The summed E-state index contributed by atoms with van der Waals surface area (Å²) in [6, 6.07) is 5.30. The monoisotopic (exact) mass is 325 g/mol. The molecule has 0 bridgehead atoms. The van der Waals surface area contributed by atoms with E-state index in [-0.39, 0.29) is 11.9 Å². The molecule has 2 rings (SSSR count). The minimum absolute atomic E-state index is 0.238. The maximum absolute atomic E-state index is 12.2. The average Bonchev–Trinajstić information content (AvgIpc) is 2.44. The van der Waals surface area contributed by atoms with Crippen LogP contribution in [0, 0.1) is 0 Å². The van der Waals surface area contributed by atoms with Gasteiger partial charge in [0.1, 0.15) is 0 Å². The van der Waals surface area contributed by atoms with Crippen LogP contribution in [0.25, 0.3) is 0 Å². The summed E-state index contributed by atoms with van der Waals surface area (Å²) >= 11 is 12.3. The van der Waals surface area contributed by atoms with Crippen molar-refractivity contribution in [2.75, 3.05) is 14.2 Å². The van der Waals surface area contributed by atoms with Gasteiger partial charge in [0.15, 0.2) is 0 Å². The van der Waals surface area contributed by atoms with E-state index in [0.717, 1.165) is 17.0 Å². The third-order valence-corrected chi connectivity index (χ3v) is 4.41. The second-order valence-corrected chi connectivity index (χ2v) is 5.84. The molecule has 0 aliphatic carbocycles. The van der Waals surface area contributed by atoms with Crippen molar-refractivity contribution >= 4 is 29.2 Å². The number of methoxy groups -OCH3 is 1. The first kappa shape index (κ1) is 15.9. The molecule has 5 heteroatoms. The summed E-state index contributed by atoms with van der Waals surface area (Å²) in [5.41, 5.74) is 3.34. The van der Waals surface area contributed by atoms with Crippen molar-refractivity contribution in [2.45, 2.75) is 19.8 Å². The normalized spacial score (nSPS) is 18.7. The van der Waals surface area contributed by atoms with Gasteiger partial charge in [-0.05, 0) is 31.5 Å². The number of halogens is 2. The maximum atomic E-state index is 12.2. The largest absolute Gasteiger partial charge is 0.466 e. The molecule has 1 aromatic carbocycles. The standard InChI is InChI=1S/C16H17Cl2NO2/c1-9-7-13(12-6-5-11(17)8-14(12)18)15(16(20)21-4)10(2)19(9)3/h5-8,13H,1-4H3. The lowest BCUT2D eigenvalue weighted by atomic mass is 9.86. The van der Waals surface area contributed by atoms with E-state index >= 15 is 0 Å². The van der Waals surface area contributed by atoms with Crippen LogP contribution in [0.2, 0.25) is 10.0 Å². The summed E-state index contributed by atoms with van der Waals surface area (Å²) in [5.74, 6) is -0.586. The van der Waals surface area contributed by atoms with Gasteiger partial charge in [0.2, 0.25) is 0 Å². The van der Waals surface area contributed by atoms with Gasteiger partial charge in [-0.25, -0.2) is 4.79 Å². The SMILES string of the molecule is COC(=O)C1=C(C)N(C)C(C)=CC1c1ccc(Cl)cc1Cl. The second kappa shape index (κ2) is 6.12. The van der Waals surface area contributed by atoms with Crippen LogP contribution in [0.3, 0.4) is 0 Å². The van der Waals surface area contributed by atoms with E-state index in [1.165, 1.54) is 7.11 Å². The van der Waals surface area contributed by atoms with E-state index in [0.29, 0.717) is 15.6 Å². The molecule has 1 unspecified atom stereocenters. The summed E-state index contributed by atoms with van der Waals surface area (Å²) in [4.78, 5) is 14.2. The van der Waals surface area contributed by atoms with Crippen LogP contribution in [0.4, 0.5) is 0 Å². The minimum atomic E-state index is -0.348. The number of nitrogens with zero attached hydrogens (tertiary/aromatic N) is 1. The Hall–Kier alpha value is -1.45. The van der Waals surface area contributed by atoms with Crippen LogP contribution in [0.15, 0.2) is 41.2 Å². The lowest BCUT2D eigenvalue weighted by molar-refractivity contribution is -0.136. The maximum Gasteiger partial charge on any atom is 0.336 e. The van der Waals surface area contributed by atoms with E-state index in [2.05, 4.69) is 0 Å². The molecule has 1 aromatic rings. The Balaban J connectivity index is 2.60. The first-order valence-corrected chi connectivity index (χ1v) is 7.28. The molecule has 0 radical (unpaired) electrons. The van der Waals surface area contributed by atoms with Crippen molar-refractivity contribution in [3.8, 4) is 0 Å². The molecular weight excluding hydrogens is 309 g/mol. The van der Waals surface area contributed by atoms with Crippen LogP contribution in [0.1, 0.15) is 25.3 Å². The number of ether oxygens (including phenoxy) is 1. The highest BCUT2D eigenvalue weighted by molar-refractivity contribution is 6.35. The Morgan fingerprint density at radius 3 is 2.52 bits per heavy atom. The lowest BCUT2D eigenvalue weighted by Gasteiger charge is -2.32. The van der Waals surface area contributed by atoms with Crippen molar-refractivity contribution in [2.24, 2.45) is 0 Å². The van der Waals surface area contributed by atoms with Gasteiger partial charge in [-0.15, -0.1) is 0 Å². The van der Waals surface area contributed by atoms with Crippen molar-refractivity contribution in [1.29, 1.82) is 0 Å². The molecule has 1 aliphatic rings. The van der Waals surface area contributed by atoms with Crippen molar-refractivity contribution in [3.63, 3.8) is 0 Å². The van der Waals surface area contributed by atoms with Gasteiger partial charge in [0.25, 0.3) is 0 Å². The first-order chi connectivity index (χ1) is 9.86. The second-order valence-electron chi connectivity index (χ2n) is 5.00. The zero-order valence-corrected chi connectivity index (χ0v) is 13.9. The molecule has 1 aliphatic heterocycles. The van der Waals surface area contributed by atoms with Gasteiger partial charge in [-0.1, -0.05) is 35.3 Å². The van der Waals surface area contributed by atoms with Gasteiger partial charge < -0.3 is 9.64 Å². The molecular formula is C16H17Cl2NO2. The van der Waals surface area contributed by atoms with Crippen LogP contribution in [-0.4, -0.2) is 25.0 Å².